The topological polar surface area (TPSA) is 124 Å². The molecule has 0 fully saturated rings. The van der Waals surface area contributed by atoms with Crippen LogP contribution in [0.5, 0.6) is 0 Å². The predicted octanol–water partition coefficient (Wildman–Crippen LogP) is 2.94. The van der Waals surface area contributed by atoms with Gasteiger partial charge in [0.15, 0.2) is 0 Å². The molecule has 0 saturated heterocycles. The molecule has 8 heteroatoms. The summed E-state index contributed by atoms with van der Waals surface area (Å²) in [7, 11) is 0. The highest BCUT2D eigenvalue weighted by molar-refractivity contribution is 5.84. The van der Waals surface area contributed by atoms with Gasteiger partial charge >= 0.3 is 0 Å². The zero-order chi connectivity index (χ0) is 16.8. The van der Waals surface area contributed by atoms with Gasteiger partial charge in [-0.2, -0.15) is 10.2 Å². The molecular weight excluding hydrogens is 306 g/mol. The summed E-state index contributed by atoms with van der Waals surface area (Å²) in [6, 6.07) is 9.47. The van der Waals surface area contributed by atoms with E-state index in [0.717, 1.165) is 5.56 Å². The van der Waals surface area contributed by atoms with Crippen molar-refractivity contribution >= 4 is 23.7 Å². The highest BCUT2D eigenvalue weighted by atomic mass is 16.5. The van der Waals surface area contributed by atoms with Gasteiger partial charge in [0.1, 0.15) is 17.8 Å². The number of nitrogens with one attached hydrogen (secondary N) is 3. The first-order valence-electron chi connectivity index (χ1n) is 7.06. The van der Waals surface area contributed by atoms with Gasteiger partial charge < -0.3 is 20.6 Å². The Kier molecular flexibility index (Phi) is 4.44. The third-order valence-corrected chi connectivity index (χ3v) is 3.25. The zero-order valence-corrected chi connectivity index (χ0v) is 12.5. The third-order valence-electron chi connectivity index (χ3n) is 3.25. The second-order valence-electron chi connectivity index (χ2n) is 4.80. The summed E-state index contributed by atoms with van der Waals surface area (Å²) in [4.78, 5) is 8.49. The summed E-state index contributed by atoms with van der Waals surface area (Å²) >= 11 is 0. The molecule has 0 aliphatic rings. The molecule has 0 unspecified atom stereocenters. The number of hydrogen-bond acceptors (Lipinski definition) is 8. The molecule has 0 atom stereocenters. The van der Waals surface area contributed by atoms with Crippen LogP contribution in [0, 0.1) is 16.7 Å². The van der Waals surface area contributed by atoms with Crippen molar-refractivity contribution < 1.29 is 5.95 Å². The Balaban J connectivity index is 0.00000225. The van der Waals surface area contributed by atoms with Crippen LogP contribution in [0.4, 0.5) is 17.5 Å². The summed E-state index contributed by atoms with van der Waals surface area (Å²) in [6.45, 7) is 0.411. The third kappa shape index (κ3) is 3.36. The Morgan fingerprint density at radius 2 is 2.21 bits per heavy atom. The smallest absolute Gasteiger partial charge is 0.229 e. The molecule has 0 bridgehead atoms. The van der Waals surface area contributed by atoms with E-state index in [0.29, 0.717) is 35.1 Å². The minimum atomic E-state index is 0. The van der Waals surface area contributed by atoms with E-state index in [4.69, 9.17) is 15.2 Å². The SMILES string of the molecule is N#Cc1ccccc1CNc1nc(Nc2cnoc2)ncc1C=N.[HH]. The molecule has 1 aromatic carbocycles. The van der Waals surface area contributed by atoms with Crippen LogP contribution in [0.25, 0.3) is 0 Å². The summed E-state index contributed by atoms with van der Waals surface area (Å²) in [6.07, 6.45) is 5.64. The van der Waals surface area contributed by atoms with Gasteiger partial charge in [0.05, 0.1) is 23.4 Å². The number of nitrogens with zero attached hydrogens (tertiary/aromatic N) is 4. The molecule has 0 aliphatic heterocycles. The maximum atomic E-state index is 9.14. The van der Waals surface area contributed by atoms with Crippen LogP contribution in [-0.2, 0) is 6.54 Å². The second kappa shape index (κ2) is 7.02. The summed E-state index contributed by atoms with van der Waals surface area (Å²) in [5, 5.41) is 26.3. The Bertz CT molecular complexity index is 890. The van der Waals surface area contributed by atoms with Gasteiger partial charge in [0.25, 0.3) is 0 Å². The molecule has 3 rings (SSSR count). The maximum Gasteiger partial charge on any atom is 0.229 e. The zero-order valence-electron chi connectivity index (χ0n) is 12.5. The number of anilines is 3. The van der Waals surface area contributed by atoms with E-state index < -0.39 is 0 Å². The molecule has 0 aliphatic carbocycles. The minimum absolute atomic E-state index is 0. The van der Waals surface area contributed by atoms with Crippen LogP contribution in [0.1, 0.15) is 18.1 Å². The van der Waals surface area contributed by atoms with Crippen molar-refractivity contribution in [2.75, 3.05) is 10.6 Å². The number of hydrogen-bond donors (Lipinski definition) is 3. The molecule has 0 spiro atoms. The van der Waals surface area contributed by atoms with E-state index in [2.05, 4.69) is 31.8 Å². The molecule has 0 radical (unpaired) electrons. The lowest BCUT2D eigenvalue weighted by Crippen LogP contribution is -2.08. The van der Waals surface area contributed by atoms with E-state index in [9.17, 15) is 0 Å². The average molecular weight is 321 g/mol. The van der Waals surface area contributed by atoms with Crippen LogP contribution in [0.2, 0.25) is 0 Å². The lowest BCUT2D eigenvalue weighted by Gasteiger charge is -2.11. The number of rotatable bonds is 6. The molecule has 8 nitrogen and oxygen atoms in total. The molecular formula is C16H15N7O. The van der Waals surface area contributed by atoms with Crippen molar-refractivity contribution in [2.45, 2.75) is 6.54 Å². The molecule has 2 heterocycles. The van der Waals surface area contributed by atoms with E-state index in [-0.39, 0.29) is 1.43 Å². The van der Waals surface area contributed by atoms with Gasteiger partial charge in [0.2, 0.25) is 5.95 Å². The number of nitriles is 1. The van der Waals surface area contributed by atoms with Crippen molar-refractivity contribution in [3.63, 3.8) is 0 Å². The maximum absolute atomic E-state index is 9.14. The van der Waals surface area contributed by atoms with Crippen LogP contribution in [-0.4, -0.2) is 21.3 Å². The van der Waals surface area contributed by atoms with Crippen LogP contribution >= 0.6 is 0 Å². The Morgan fingerprint density at radius 1 is 1.33 bits per heavy atom. The lowest BCUT2D eigenvalue weighted by molar-refractivity contribution is 0.420. The summed E-state index contributed by atoms with van der Waals surface area (Å²) in [5.41, 5.74) is 2.61. The first-order chi connectivity index (χ1) is 11.8. The van der Waals surface area contributed by atoms with E-state index in [1.807, 2.05) is 18.2 Å². The summed E-state index contributed by atoms with van der Waals surface area (Å²) in [5.74, 6) is 0.839. The Morgan fingerprint density at radius 3 is 2.96 bits per heavy atom. The molecule has 3 N–H and O–H groups in total. The highest BCUT2D eigenvalue weighted by Gasteiger charge is 2.08. The fraction of sp³-hybridized carbons (Fsp3) is 0.0625. The predicted molar refractivity (Wildman–Crippen MR) is 90.3 cm³/mol. The number of aromatic nitrogens is 3. The Labute approximate surface area is 139 Å². The molecule has 3 aromatic rings. The van der Waals surface area contributed by atoms with Crippen molar-refractivity contribution in [2.24, 2.45) is 0 Å². The van der Waals surface area contributed by atoms with E-state index >= 15 is 0 Å². The van der Waals surface area contributed by atoms with Crippen LogP contribution in [0.3, 0.4) is 0 Å². The fourth-order valence-electron chi connectivity index (χ4n) is 2.06. The van der Waals surface area contributed by atoms with E-state index in [1.165, 1.54) is 24.9 Å². The van der Waals surface area contributed by atoms with Crippen molar-refractivity contribution in [3.05, 3.63) is 59.6 Å². The highest BCUT2D eigenvalue weighted by Crippen LogP contribution is 2.17. The van der Waals surface area contributed by atoms with Gasteiger partial charge in [-0.25, -0.2) is 4.98 Å². The van der Waals surface area contributed by atoms with Gasteiger partial charge in [0, 0.05) is 20.4 Å². The van der Waals surface area contributed by atoms with Gasteiger partial charge in [-0.1, -0.05) is 23.4 Å². The van der Waals surface area contributed by atoms with Crippen molar-refractivity contribution in [1.82, 2.24) is 15.1 Å². The standard InChI is InChI=1S/C16H13N7O.H2/c17-5-11-3-1-2-4-12(11)7-19-15-13(6-18)8-20-16(23-15)22-14-9-21-24-10-14;/h1-4,6,8-10,18H,7H2,(H2,19,20,22,23);1H. The average Bonchev–Trinajstić information content (AvgIpc) is 3.13. The van der Waals surface area contributed by atoms with Crippen molar-refractivity contribution in [3.8, 4) is 6.07 Å². The minimum Gasteiger partial charge on any atom is -0.365 e. The molecule has 2 aromatic heterocycles. The lowest BCUT2D eigenvalue weighted by atomic mass is 10.1. The van der Waals surface area contributed by atoms with Gasteiger partial charge in [-0.15, -0.1) is 0 Å². The van der Waals surface area contributed by atoms with Crippen LogP contribution in [0.15, 0.2) is 47.4 Å². The molecule has 24 heavy (non-hydrogen) atoms. The Hall–Kier alpha value is -3.73. The van der Waals surface area contributed by atoms with Crippen molar-refractivity contribution in [1.29, 1.82) is 10.7 Å². The largest absolute Gasteiger partial charge is 0.365 e. The van der Waals surface area contributed by atoms with E-state index in [1.54, 1.807) is 6.07 Å². The quantitative estimate of drug-likeness (QED) is 0.596. The monoisotopic (exact) mass is 321 g/mol. The summed E-state index contributed by atoms with van der Waals surface area (Å²) < 4.78 is 4.74. The van der Waals surface area contributed by atoms with Gasteiger partial charge in [-0.3, -0.25) is 0 Å². The molecule has 0 saturated carbocycles. The molecule has 0 amide bonds. The number of benzene rings is 1. The molecule has 120 valence electrons. The normalized spacial score (nSPS) is 9.96. The van der Waals surface area contributed by atoms with Crippen LogP contribution < -0.4 is 10.6 Å². The first kappa shape index (κ1) is 15.2. The second-order valence-corrected chi connectivity index (χ2v) is 4.80. The first-order valence-corrected chi connectivity index (χ1v) is 7.06. The van der Waals surface area contributed by atoms with Gasteiger partial charge in [-0.05, 0) is 11.6 Å². The fourth-order valence-corrected chi connectivity index (χ4v) is 2.06.